The van der Waals surface area contributed by atoms with Crippen LogP contribution in [0, 0.1) is 0 Å². The topological polar surface area (TPSA) is 30.5 Å². The minimum Gasteiger partial charge on any atom is -0.493 e. The van der Waals surface area contributed by atoms with E-state index in [1.54, 1.807) is 7.11 Å². The quantitative estimate of drug-likeness (QED) is 0.838. The van der Waals surface area contributed by atoms with Crippen molar-refractivity contribution in [3.8, 4) is 11.5 Å². The lowest BCUT2D eigenvalue weighted by Gasteiger charge is -2.16. The Labute approximate surface area is 112 Å². The summed E-state index contributed by atoms with van der Waals surface area (Å²) in [4.78, 5) is 0. The largest absolute Gasteiger partial charge is 0.493 e. The van der Waals surface area contributed by atoms with Gasteiger partial charge in [0.25, 0.3) is 0 Å². The predicted octanol–water partition coefficient (Wildman–Crippen LogP) is 3.36. The molecule has 0 aromatic heterocycles. The number of rotatable bonds is 7. The lowest BCUT2D eigenvalue weighted by atomic mass is 10.2. The van der Waals surface area contributed by atoms with E-state index in [-0.39, 0.29) is 0 Å². The van der Waals surface area contributed by atoms with Gasteiger partial charge in [-0.15, -0.1) is 0 Å². The maximum absolute atomic E-state index is 5.79. The van der Waals surface area contributed by atoms with Crippen molar-refractivity contribution >= 4 is 15.9 Å². The molecule has 0 saturated carbocycles. The number of hydrogen-bond acceptors (Lipinski definition) is 3. The molecule has 0 amide bonds. The Morgan fingerprint density at radius 2 is 2.06 bits per heavy atom. The van der Waals surface area contributed by atoms with Gasteiger partial charge in [-0.25, -0.2) is 0 Å². The van der Waals surface area contributed by atoms with Gasteiger partial charge in [0.2, 0.25) is 0 Å². The molecule has 0 unspecified atom stereocenters. The summed E-state index contributed by atoms with van der Waals surface area (Å²) in [6.07, 6.45) is 0.982. The van der Waals surface area contributed by atoms with Crippen LogP contribution in [0.2, 0.25) is 0 Å². The van der Waals surface area contributed by atoms with E-state index in [4.69, 9.17) is 9.47 Å². The third kappa shape index (κ3) is 3.89. The third-order valence-electron chi connectivity index (χ3n) is 2.39. The summed E-state index contributed by atoms with van der Waals surface area (Å²) in [6.45, 7) is 6.57. The van der Waals surface area contributed by atoms with Gasteiger partial charge in [0.15, 0.2) is 11.5 Å². The number of nitrogens with one attached hydrogen (secondary N) is 1. The van der Waals surface area contributed by atoms with Crippen molar-refractivity contribution < 1.29 is 9.47 Å². The Balaban J connectivity index is 3.02. The summed E-state index contributed by atoms with van der Waals surface area (Å²) in [5.41, 5.74) is 1.11. The molecule has 0 aliphatic heterocycles. The van der Waals surface area contributed by atoms with Crippen LogP contribution >= 0.6 is 15.9 Å². The molecule has 0 aliphatic carbocycles. The van der Waals surface area contributed by atoms with Crippen LogP contribution in [-0.2, 0) is 6.54 Å². The first-order valence-electron chi connectivity index (χ1n) is 5.93. The summed E-state index contributed by atoms with van der Waals surface area (Å²) >= 11 is 3.56. The maximum Gasteiger partial charge on any atom is 0.166 e. The first kappa shape index (κ1) is 14.3. The zero-order chi connectivity index (χ0) is 12.7. The van der Waals surface area contributed by atoms with E-state index in [9.17, 15) is 0 Å². The fraction of sp³-hybridized carbons (Fsp3) is 0.538. The molecule has 0 fully saturated rings. The lowest BCUT2D eigenvalue weighted by molar-refractivity contribution is 0.290. The van der Waals surface area contributed by atoms with Crippen LogP contribution in [0.1, 0.15) is 25.8 Å². The van der Waals surface area contributed by atoms with Crippen LogP contribution in [0.15, 0.2) is 16.6 Å². The van der Waals surface area contributed by atoms with E-state index in [0.29, 0.717) is 6.61 Å². The second-order valence-corrected chi connectivity index (χ2v) is 4.54. The van der Waals surface area contributed by atoms with Gasteiger partial charge in [-0.2, -0.15) is 0 Å². The molecule has 0 atom stereocenters. The van der Waals surface area contributed by atoms with Gasteiger partial charge >= 0.3 is 0 Å². The lowest BCUT2D eigenvalue weighted by Crippen LogP contribution is -2.14. The summed E-state index contributed by atoms with van der Waals surface area (Å²) in [7, 11) is 1.67. The van der Waals surface area contributed by atoms with Crippen molar-refractivity contribution in [2.75, 3.05) is 20.3 Å². The molecule has 1 aromatic carbocycles. The highest BCUT2D eigenvalue weighted by atomic mass is 79.9. The zero-order valence-electron chi connectivity index (χ0n) is 10.7. The summed E-state index contributed by atoms with van der Waals surface area (Å²) in [5.74, 6) is 1.62. The molecule has 3 nitrogen and oxygen atoms in total. The monoisotopic (exact) mass is 301 g/mol. The van der Waals surface area contributed by atoms with E-state index in [1.165, 1.54) is 0 Å². The molecule has 0 spiro atoms. The van der Waals surface area contributed by atoms with E-state index >= 15 is 0 Å². The third-order valence-corrected chi connectivity index (χ3v) is 3.13. The van der Waals surface area contributed by atoms with E-state index in [0.717, 1.165) is 41.0 Å². The average molecular weight is 302 g/mol. The van der Waals surface area contributed by atoms with Crippen LogP contribution in [-0.4, -0.2) is 20.3 Å². The second kappa shape index (κ2) is 7.56. The molecular weight excluding hydrogens is 282 g/mol. The highest BCUT2D eigenvalue weighted by molar-refractivity contribution is 9.10. The van der Waals surface area contributed by atoms with Gasteiger partial charge in [0.05, 0.1) is 13.7 Å². The van der Waals surface area contributed by atoms with Crippen LogP contribution in [0.3, 0.4) is 0 Å². The van der Waals surface area contributed by atoms with Gasteiger partial charge in [-0.3, -0.25) is 0 Å². The molecule has 0 aliphatic rings. The number of hydrogen-bond donors (Lipinski definition) is 1. The smallest absolute Gasteiger partial charge is 0.166 e. The summed E-state index contributed by atoms with van der Waals surface area (Å²) in [6, 6.07) is 3.91. The van der Waals surface area contributed by atoms with E-state index < -0.39 is 0 Å². The molecule has 1 N–H and O–H groups in total. The van der Waals surface area contributed by atoms with E-state index in [1.807, 2.05) is 12.1 Å². The first-order chi connectivity index (χ1) is 8.24. The molecule has 0 saturated heterocycles. The standard InChI is InChI=1S/C13H20BrNO2/c1-4-8-17-13-10(9-15-5-2)11(14)6-7-12(13)16-3/h6-7,15H,4-5,8-9H2,1-3H3. The second-order valence-electron chi connectivity index (χ2n) is 3.69. The van der Waals surface area contributed by atoms with Crippen molar-refractivity contribution in [2.24, 2.45) is 0 Å². The van der Waals surface area contributed by atoms with E-state index in [2.05, 4.69) is 35.1 Å². The number of halogens is 1. The van der Waals surface area contributed by atoms with Crippen LogP contribution in [0.25, 0.3) is 0 Å². The molecule has 1 aromatic rings. The summed E-state index contributed by atoms with van der Waals surface area (Å²) < 4.78 is 12.2. The number of ether oxygens (including phenoxy) is 2. The van der Waals surface area contributed by atoms with Crippen molar-refractivity contribution in [3.63, 3.8) is 0 Å². The van der Waals surface area contributed by atoms with Gasteiger partial charge in [-0.1, -0.05) is 29.8 Å². The molecule has 0 heterocycles. The Kier molecular flexibility index (Phi) is 6.37. The molecule has 0 radical (unpaired) electrons. The fourth-order valence-electron chi connectivity index (χ4n) is 1.52. The van der Waals surface area contributed by atoms with Gasteiger partial charge in [0.1, 0.15) is 0 Å². The Morgan fingerprint density at radius 1 is 1.29 bits per heavy atom. The molecular formula is C13H20BrNO2. The fourth-order valence-corrected chi connectivity index (χ4v) is 1.97. The first-order valence-corrected chi connectivity index (χ1v) is 6.72. The van der Waals surface area contributed by atoms with Crippen molar-refractivity contribution in [2.45, 2.75) is 26.8 Å². The molecule has 96 valence electrons. The SMILES string of the molecule is CCCOc1c(OC)ccc(Br)c1CNCC. The molecule has 0 bridgehead atoms. The van der Waals surface area contributed by atoms with Gasteiger partial charge < -0.3 is 14.8 Å². The number of methoxy groups -OCH3 is 1. The summed E-state index contributed by atoms with van der Waals surface area (Å²) in [5, 5.41) is 3.31. The normalized spacial score (nSPS) is 10.4. The van der Waals surface area contributed by atoms with Crippen molar-refractivity contribution in [1.82, 2.24) is 5.32 Å². The predicted molar refractivity (Wildman–Crippen MR) is 73.9 cm³/mol. The molecule has 1 rings (SSSR count). The Morgan fingerprint density at radius 3 is 2.65 bits per heavy atom. The Bertz CT molecular complexity index is 356. The van der Waals surface area contributed by atoms with Crippen molar-refractivity contribution in [1.29, 1.82) is 0 Å². The maximum atomic E-state index is 5.79. The zero-order valence-corrected chi connectivity index (χ0v) is 12.3. The van der Waals surface area contributed by atoms with Gasteiger partial charge in [-0.05, 0) is 25.1 Å². The van der Waals surface area contributed by atoms with Crippen LogP contribution in [0.4, 0.5) is 0 Å². The minimum atomic E-state index is 0.700. The highest BCUT2D eigenvalue weighted by Gasteiger charge is 2.13. The molecule has 4 heteroatoms. The average Bonchev–Trinajstić information content (AvgIpc) is 2.35. The minimum absolute atomic E-state index is 0.700. The Hall–Kier alpha value is -0.740. The van der Waals surface area contributed by atoms with Gasteiger partial charge in [0, 0.05) is 16.6 Å². The molecule has 17 heavy (non-hydrogen) atoms. The highest BCUT2D eigenvalue weighted by Crippen LogP contribution is 2.36. The van der Waals surface area contributed by atoms with Crippen LogP contribution < -0.4 is 14.8 Å². The van der Waals surface area contributed by atoms with Crippen molar-refractivity contribution in [3.05, 3.63) is 22.2 Å². The number of benzene rings is 1. The van der Waals surface area contributed by atoms with Crippen LogP contribution in [0.5, 0.6) is 11.5 Å².